The lowest BCUT2D eigenvalue weighted by Crippen LogP contribution is -2.53. The highest BCUT2D eigenvalue weighted by Crippen LogP contribution is 2.28. The Balaban J connectivity index is 1.27. The van der Waals surface area contributed by atoms with Crippen molar-refractivity contribution in [2.45, 2.75) is 44.1 Å². The second kappa shape index (κ2) is 11.3. The third-order valence-electron chi connectivity index (χ3n) is 8.31. The second-order valence-corrected chi connectivity index (χ2v) is 11.1. The van der Waals surface area contributed by atoms with E-state index < -0.39 is 24.1 Å². The number of ether oxygens (including phenoxy) is 1. The molecule has 216 valence electrons. The van der Waals surface area contributed by atoms with Crippen LogP contribution in [0.5, 0.6) is 5.75 Å². The van der Waals surface area contributed by atoms with E-state index in [9.17, 15) is 19.5 Å². The highest BCUT2D eigenvalue weighted by molar-refractivity contribution is 6.08. The van der Waals surface area contributed by atoms with Crippen molar-refractivity contribution in [3.05, 3.63) is 101 Å². The number of hydrogen-bond donors (Lipinski definition) is 2. The van der Waals surface area contributed by atoms with Gasteiger partial charge in [-0.05, 0) is 34.9 Å². The number of carbonyl (C=O) groups is 3. The van der Waals surface area contributed by atoms with E-state index in [4.69, 9.17) is 4.74 Å². The van der Waals surface area contributed by atoms with Crippen LogP contribution < -0.4 is 10.1 Å². The first-order valence-electron chi connectivity index (χ1n) is 14.1. The summed E-state index contributed by atoms with van der Waals surface area (Å²) in [5, 5.41) is 14.3. The van der Waals surface area contributed by atoms with E-state index in [2.05, 4.69) is 5.32 Å². The molecule has 0 spiro atoms. The Morgan fingerprint density at radius 3 is 2.57 bits per heavy atom. The van der Waals surface area contributed by atoms with Gasteiger partial charge in [-0.1, -0.05) is 54.6 Å². The Morgan fingerprint density at radius 1 is 1.02 bits per heavy atom. The molecule has 2 aliphatic rings. The summed E-state index contributed by atoms with van der Waals surface area (Å²) in [7, 11) is 3.48. The highest BCUT2D eigenvalue weighted by atomic mass is 16.5. The fraction of sp³-hybridized carbons (Fsp3) is 0.303. The number of para-hydroxylation sites is 1. The number of nitrogens with one attached hydrogen (secondary N) is 1. The summed E-state index contributed by atoms with van der Waals surface area (Å²) in [5.41, 5.74) is 4.26. The zero-order chi connectivity index (χ0) is 29.4. The number of likely N-dealkylation sites (tertiary alicyclic amines) is 1. The lowest BCUT2D eigenvalue weighted by molar-refractivity contribution is -0.138. The Bertz CT molecular complexity index is 1650. The molecular formula is C33H34N4O5. The van der Waals surface area contributed by atoms with Crippen LogP contribution >= 0.6 is 0 Å². The number of amides is 3. The quantitative estimate of drug-likeness (QED) is 0.374. The monoisotopic (exact) mass is 566 g/mol. The van der Waals surface area contributed by atoms with Crippen molar-refractivity contribution in [1.82, 2.24) is 19.7 Å². The van der Waals surface area contributed by atoms with Gasteiger partial charge in [0.25, 0.3) is 5.91 Å². The standard InChI is InChI=1S/C33H34N4O5/c1-35-20-27(26-10-6-7-11-29(26)35)32(40)37-19-24(38)16-30(37)31(39)34-28-15-22-12-13-25(42-2)14-23(22)18-36(33(28)41)17-21-8-4-3-5-9-21/h3-14,20,24,28,30,38H,15-19H2,1-2H3,(H,34,39)/t24-,28?,30?/m1/s1. The number of aliphatic hydroxyl groups excluding tert-OH is 1. The molecule has 1 aromatic heterocycles. The molecular weight excluding hydrogens is 532 g/mol. The van der Waals surface area contributed by atoms with Crippen LogP contribution in [0.3, 0.4) is 0 Å². The number of benzene rings is 3. The maximum Gasteiger partial charge on any atom is 0.256 e. The van der Waals surface area contributed by atoms with E-state index in [0.717, 1.165) is 27.6 Å². The number of methoxy groups -OCH3 is 1. The van der Waals surface area contributed by atoms with Crippen LogP contribution in [0.4, 0.5) is 0 Å². The van der Waals surface area contributed by atoms with E-state index in [1.165, 1.54) is 4.90 Å². The second-order valence-electron chi connectivity index (χ2n) is 11.1. The van der Waals surface area contributed by atoms with Crippen molar-refractivity contribution < 1.29 is 24.2 Å². The molecule has 9 nitrogen and oxygen atoms in total. The molecule has 0 radical (unpaired) electrons. The Kier molecular flexibility index (Phi) is 7.43. The van der Waals surface area contributed by atoms with Gasteiger partial charge in [0.2, 0.25) is 11.8 Å². The average molecular weight is 567 g/mol. The molecule has 2 N–H and O–H groups in total. The number of nitrogens with zero attached hydrogens (tertiary/aromatic N) is 3. The number of β-amino-alcohol motifs (C(OH)–C–C–N with tert-alkyl or cyclic N) is 1. The topological polar surface area (TPSA) is 104 Å². The van der Waals surface area contributed by atoms with E-state index in [1.54, 1.807) is 18.2 Å². The lowest BCUT2D eigenvalue weighted by atomic mass is 10.0. The minimum Gasteiger partial charge on any atom is -0.497 e. The summed E-state index contributed by atoms with van der Waals surface area (Å²) in [6, 6.07) is 21.3. The largest absolute Gasteiger partial charge is 0.497 e. The van der Waals surface area contributed by atoms with Crippen LogP contribution in [-0.4, -0.2) is 69.0 Å². The predicted octanol–water partition coefficient (Wildman–Crippen LogP) is 3.03. The van der Waals surface area contributed by atoms with Crippen LogP contribution in [-0.2, 0) is 36.1 Å². The highest BCUT2D eigenvalue weighted by Gasteiger charge is 2.42. The smallest absolute Gasteiger partial charge is 0.256 e. The molecule has 3 amide bonds. The fourth-order valence-electron chi connectivity index (χ4n) is 6.16. The number of aromatic nitrogens is 1. The molecule has 9 heteroatoms. The summed E-state index contributed by atoms with van der Waals surface area (Å²) >= 11 is 0. The first-order valence-corrected chi connectivity index (χ1v) is 14.1. The van der Waals surface area contributed by atoms with Gasteiger partial charge in [-0.15, -0.1) is 0 Å². The summed E-state index contributed by atoms with van der Waals surface area (Å²) in [4.78, 5) is 44.7. The number of rotatable bonds is 6. The molecule has 3 atom stereocenters. The van der Waals surface area contributed by atoms with E-state index in [0.29, 0.717) is 30.8 Å². The summed E-state index contributed by atoms with van der Waals surface area (Å²) in [6.45, 7) is 0.804. The zero-order valence-electron chi connectivity index (χ0n) is 23.7. The summed E-state index contributed by atoms with van der Waals surface area (Å²) in [5.74, 6) is -0.271. The Morgan fingerprint density at radius 2 is 1.79 bits per heavy atom. The van der Waals surface area contributed by atoms with Crippen molar-refractivity contribution in [1.29, 1.82) is 0 Å². The predicted molar refractivity (Wildman–Crippen MR) is 158 cm³/mol. The van der Waals surface area contributed by atoms with Crippen LogP contribution in [0.2, 0.25) is 0 Å². The minimum atomic E-state index is -0.902. The summed E-state index contributed by atoms with van der Waals surface area (Å²) < 4.78 is 7.31. The van der Waals surface area contributed by atoms with Crippen molar-refractivity contribution >= 4 is 28.6 Å². The first-order chi connectivity index (χ1) is 20.3. The molecule has 6 rings (SSSR count). The van der Waals surface area contributed by atoms with Crippen molar-refractivity contribution in [2.24, 2.45) is 7.05 Å². The van der Waals surface area contributed by atoms with E-state index >= 15 is 0 Å². The molecule has 4 aromatic rings. The molecule has 2 aliphatic heterocycles. The molecule has 0 saturated carbocycles. The fourth-order valence-corrected chi connectivity index (χ4v) is 6.16. The number of carbonyl (C=O) groups excluding carboxylic acids is 3. The molecule has 3 heterocycles. The number of hydrogen-bond acceptors (Lipinski definition) is 5. The molecule has 1 fully saturated rings. The molecule has 0 aliphatic carbocycles. The SMILES string of the molecule is COc1ccc2c(c1)CN(Cc1ccccc1)C(=O)C(NC(=O)C1C[C@@H](O)CN1C(=O)c1cn(C)c3ccccc13)C2. The van der Waals surface area contributed by atoms with Gasteiger partial charge in [-0.3, -0.25) is 14.4 Å². The van der Waals surface area contributed by atoms with Crippen LogP contribution in [0.1, 0.15) is 33.5 Å². The van der Waals surface area contributed by atoms with Gasteiger partial charge in [0.1, 0.15) is 17.8 Å². The number of fused-ring (bicyclic) bond motifs is 2. The van der Waals surface area contributed by atoms with Gasteiger partial charge < -0.3 is 29.5 Å². The van der Waals surface area contributed by atoms with E-state index in [1.807, 2.05) is 84.4 Å². The molecule has 2 unspecified atom stereocenters. The van der Waals surface area contributed by atoms with Crippen molar-refractivity contribution in [2.75, 3.05) is 13.7 Å². The normalized spacial score (nSPS) is 20.4. The average Bonchev–Trinajstić information content (AvgIpc) is 3.53. The zero-order valence-corrected chi connectivity index (χ0v) is 23.7. The third-order valence-corrected chi connectivity index (χ3v) is 8.31. The number of aryl methyl sites for hydroxylation is 1. The maximum absolute atomic E-state index is 13.9. The van der Waals surface area contributed by atoms with Crippen molar-refractivity contribution in [3.8, 4) is 5.75 Å². The van der Waals surface area contributed by atoms with Gasteiger partial charge in [-0.2, -0.15) is 0 Å². The molecule has 3 aromatic carbocycles. The Labute approximate surface area is 244 Å². The number of aliphatic hydroxyl groups is 1. The molecule has 0 bridgehead atoms. The van der Waals surface area contributed by atoms with Gasteiger partial charge in [-0.25, -0.2) is 0 Å². The Hall–Kier alpha value is -4.63. The van der Waals surface area contributed by atoms with Gasteiger partial charge in [0.15, 0.2) is 0 Å². The minimum absolute atomic E-state index is 0.0432. The van der Waals surface area contributed by atoms with Crippen LogP contribution in [0.15, 0.2) is 79.0 Å². The van der Waals surface area contributed by atoms with Gasteiger partial charge in [0.05, 0.1) is 18.8 Å². The molecule has 1 saturated heterocycles. The van der Waals surface area contributed by atoms with Crippen LogP contribution in [0.25, 0.3) is 10.9 Å². The van der Waals surface area contributed by atoms with Crippen LogP contribution in [0, 0.1) is 0 Å². The summed E-state index contributed by atoms with van der Waals surface area (Å²) in [6.07, 6.45) is 1.33. The van der Waals surface area contributed by atoms with E-state index in [-0.39, 0.29) is 24.8 Å². The first kappa shape index (κ1) is 27.5. The molecule has 42 heavy (non-hydrogen) atoms. The third kappa shape index (κ3) is 5.23. The van der Waals surface area contributed by atoms with Gasteiger partial charge in [0, 0.05) is 56.6 Å². The lowest BCUT2D eigenvalue weighted by Gasteiger charge is -2.28. The van der Waals surface area contributed by atoms with Crippen molar-refractivity contribution in [3.63, 3.8) is 0 Å². The van der Waals surface area contributed by atoms with Gasteiger partial charge >= 0.3 is 0 Å². The maximum atomic E-state index is 13.9.